The maximum absolute atomic E-state index is 11.9. The molecule has 6 heteroatoms. The lowest BCUT2D eigenvalue weighted by molar-refractivity contribution is -0.122. The van der Waals surface area contributed by atoms with Gasteiger partial charge in [-0.15, -0.1) is 12.4 Å². The molecule has 0 spiro atoms. The quantitative estimate of drug-likeness (QED) is 0.691. The summed E-state index contributed by atoms with van der Waals surface area (Å²) in [7, 11) is 0. The van der Waals surface area contributed by atoms with E-state index in [0.29, 0.717) is 31.0 Å². The maximum atomic E-state index is 11.9. The summed E-state index contributed by atoms with van der Waals surface area (Å²) in [6.07, 6.45) is 3.67. The molecule has 1 fully saturated rings. The molecule has 0 saturated heterocycles. The molecule has 23 heavy (non-hydrogen) atoms. The van der Waals surface area contributed by atoms with Crippen molar-refractivity contribution in [3.63, 3.8) is 0 Å². The molecule has 2 atom stereocenters. The van der Waals surface area contributed by atoms with E-state index in [1.807, 2.05) is 25.1 Å². The second-order valence-corrected chi connectivity index (χ2v) is 6.03. The van der Waals surface area contributed by atoms with Crippen molar-refractivity contribution in [2.45, 2.75) is 38.6 Å². The van der Waals surface area contributed by atoms with Crippen molar-refractivity contribution in [2.24, 2.45) is 11.7 Å². The number of carbonyl (C=O) groups is 2. The van der Waals surface area contributed by atoms with Crippen LogP contribution in [0.25, 0.3) is 0 Å². The Labute approximate surface area is 143 Å². The Balaban J connectivity index is 0.00000264. The van der Waals surface area contributed by atoms with Gasteiger partial charge in [0.1, 0.15) is 0 Å². The zero-order valence-corrected chi connectivity index (χ0v) is 14.3. The van der Waals surface area contributed by atoms with Crippen LogP contribution in [0.2, 0.25) is 0 Å². The van der Waals surface area contributed by atoms with Crippen molar-refractivity contribution in [2.75, 3.05) is 13.1 Å². The van der Waals surface area contributed by atoms with Crippen LogP contribution in [0.5, 0.6) is 0 Å². The van der Waals surface area contributed by atoms with Crippen molar-refractivity contribution in [3.8, 4) is 0 Å². The lowest BCUT2D eigenvalue weighted by Gasteiger charge is -2.14. The van der Waals surface area contributed by atoms with Gasteiger partial charge in [-0.3, -0.25) is 9.59 Å². The molecule has 0 aliphatic heterocycles. The zero-order valence-electron chi connectivity index (χ0n) is 13.5. The van der Waals surface area contributed by atoms with Crippen molar-refractivity contribution < 1.29 is 9.59 Å². The molecule has 0 bridgehead atoms. The number of halogens is 1. The third kappa shape index (κ3) is 6.20. The molecule has 128 valence electrons. The summed E-state index contributed by atoms with van der Waals surface area (Å²) < 4.78 is 0. The number of benzene rings is 1. The van der Waals surface area contributed by atoms with E-state index in [0.717, 1.165) is 24.8 Å². The van der Waals surface area contributed by atoms with E-state index >= 15 is 0 Å². The van der Waals surface area contributed by atoms with E-state index in [-0.39, 0.29) is 30.3 Å². The van der Waals surface area contributed by atoms with Gasteiger partial charge in [0.05, 0.1) is 0 Å². The number of aryl methyl sites for hydroxylation is 1. The van der Waals surface area contributed by atoms with E-state index in [1.165, 1.54) is 0 Å². The molecule has 1 aromatic carbocycles. The minimum Gasteiger partial charge on any atom is -0.354 e. The first kappa shape index (κ1) is 19.5. The van der Waals surface area contributed by atoms with Crippen LogP contribution in [-0.4, -0.2) is 30.9 Å². The summed E-state index contributed by atoms with van der Waals surface area (Å²) in [5.41, 5.74) is 7.65. The predicted molar refractivity (Wildman–Crippen MR) is 93.7 cm³/mol. The van der Waals surface area contributed by atoms with Crippen molar-refractivity contribution in [3.05, 3.63) is 35.4 Å². The van der Waals surface area contributed by atoms with E-state index in [1.54, 1.807) is 6.07 Å². The first-order valence-electron chi connectivity index (χ1n) is 7.93. The Morgan fingerprint density at radius 1 is 1.22 bits per heavy atom. The third-order valence-corrected chi connectivity index (χ3v) is 4.18. The molecule has 0 heterocycles. The van der Waals surface area contributed by atoms with Gasteiger partial charge in [0.2, 0.25) is 5.91 Å². The molecule has 1 saturated carbocycles. The number of hydrogen-bond donors (Lipinski definition) is 3. The van der Waals surface area contributed by atoms with Gasteiger partial charge in [0.25, 0.3) is 5.91 Å². The molecule has 0 aromatic heterocycles. The molecular formula is C17H26ClN3O2. The Kier molecular flexibility index (Phi) is 8.06. The van der Waals surface area contributed by atoms with Crippen LogP contribution in [0.1, 0.15) is 41.6 Å². The molecule has 4 N–H and O–H groups in total. The monoisotopic (exact) mass is 339 g/mol. The lowest BCUT2D eigenvalue weighted by atomic mass is 10.00. The predicted octanol–water partition coefficient (Wildman–Crippen LogP) is 1.78. The first-order chi connectivity index (χ1) is 10.6. The fourth-order valence-corrected chi connectivity index (χ4v) is 2.90. The van der Waals surface area contributed by atoms with E-state index in [9.17, 15) is 9.59 Å². The largest absolute Gasteiger partial charge is 0.354 e. The molecule has 0 unspecified atom stereocenters. The second-order valence-electron chi connectivity index (χ2n) is 6.03. The summed E-state index contributed by atoms with van der Waals surface area (Å²) in [6, 6.07) is 7.59. The molecule has 0 radical (unpaired) electrons. The number of carbonyl (C=O) groups excluding carboxylic acids is 2. The number of rotatable bonds is 6. The average molecular weight is 340 g/mol. The van der Waals surface area contributed by atoms with Gasteiger partial charge in [0, 0.05) is 31.1 Å². The number of amides is 2. The average Bonchev–Trinajstić information content (AvgIpc) is 2.88. The van der Waals surface area contributed by atoms with Crippen LogP contribution in [0.4, 0.5) is 0 Å². The van der Waals surface area contributed by atoms with Gasteiger partial charge >= 0.3 is 0 Å². The summed E-state index contributed by atoms with van der Waals surface area (Å²) >= 11 is 0. The zero-order chi connectivity index (χ0) is 15.9. The van der Waals surface area contributed by atoms with E-state index < -0.39 is 0 Å². The topological polar surface area (TPSA) is 84.2 Å². The van der Waals surface area contributed by atoms with Crippen LogP contribution in [0.3, 0.4) is 0 Å². The SMILES string of the molecule is Cc1cccc(C(=O)NCCNC(=O)C[C@@H]2CCC[C@H]2N)c1.Cl. The highest BCUT2D eigenvalue weighted by atomic mass is 35.5. The lowest BCUT2D eigenvalue weighted by Crippen LogP contribution is -2.36. The van der Waals surface area contributed by atoms with Gasteiger partial charge in [-0.2, -0.15) is 0 Å². The molecule has 2 amide bonds. The third-order valence-electron chi connectivity index (χ3n) is 4.18. The van der Waals surface area contributed by atoms with Gasteiger partial charge in [0.15, 0.2) is 0 Å². The fraction of sp³-hybridized carbons (Fsp3) is 0.529. The number of nitrogens with one attached hydrogen (secondary N) is 2. The minimum atomic E-state index is -0.115. The Morgan fingerprint density at radius 2 is 1.96 bits per heavy atom. The summed E-state index contributed by atoms with van der Waals surface area (Å²) in [5.74, 6) is 0.213. The first-order valence-corrected chi connectivity index (χ1v) is 7.93. The summed E-state index contributed by atoms with van der Waals surface area (Å²) in [5, 5.41) is 5.64. The highest BCUT2D eigenvalue weighted by Gasteiger charge is 2.25. The van der Waals surface area contributed by atoms with Crippen LogP contribution in [-0.2, 0) is 4.79 Å². The highest BCUT2D eigenvalue weighted by molar-refractivity contribution is 5.94. The Bertz CT molecular complexity index is 536. The summed E-state index contributed by atoms with van der Waals surface area (Å²) in [6.45, 7) is 2.82. The molecule has 2 rings (SSSR count). The second kappa shape index (κ2) is 9.53. The van der Waals surface area contributed by atoms with Crippen molar-refractivity contribution in [1.82, 2.24) is 10.6 Å². The molecular weight excluding hydrogens is 314 g/mol. The maximum Gasteiger partial charge on any atom is 0.251 e. The van der Waals surface area contributed by atoms with Gasteiger partial charge in [-0.05, 0) is 37.8 Å². The van der Waals surface area contributed by atoms with Crippen molar-refractivity contribution in [1.29, 1.82) is 0 Å². The number of hydrogen-bond acceptors (Lipinski definition) is 3. The highest BCUT2D eigenvalue weighted by Crippen LogP contribution is 2.26. The van der Waals surface area contributed by atoms with Gasteiger partial charge in [-0.1, -0.05) is 24.1 Å². The normalized spacial score (nSPS) is 19.7. The number of nitrogens with two attached hydrogens (primary N) is 1. The minimum absolute atomic E-state index is 0. The molecule has 1 aliphatic rings. The van der Waals surface area contributed by atoms with Crippen LogP contribution < -0.4 is 16.4 Å². The van der Waals surface area contributed by atoms with E-state index in [4.69, 9.17) is 5.73 Å². The van der Waals surface area contributed by atoms with Crippen molar-refractivity contribution >= 4 is 24.2 Å². The van der Waals surface area contributed by atoms with Crippen LogP contribution in [0, 0.1) is 12.8 Å². The Hall–Kier alpha value is -1.59. The van der Waals surface area contributed by atoms with Crippen LogP contribution >= 0.6 is 12.4 Å². The standard InChI is InChI=1S/C17H25N3O2.ClH/c1-12-4-2-6-14(10-12)17(22)20-9-8-19-16(21)11-13-5-3-7-15(13)18;/h2,4,6,10,13,15H,3,5,7-9,11,18H2,1H3,(H,19,21)(H,20,22);1H/t13-,15+;/m0./s1. The summed E-state index contributed by atoms with van der Waals surface area (Å²) in [4.78, 5) is 23.7. The van der Waals surface area contributed by atoms with Gasteiger partial charge in [-0.25, -0.2) is 0 Å². The fourth-order valence-electron chi connectivity index (χ4n) is 2.90. The Morgan fingerprint density at radius 3 is 2.61 bits per heavy atom. The molecule has 1 aromatic rings. The molecule has 1 aliphatic carbocycles. The van der Waals surface area contributed by atoms with Gasteiger partial charge < -0.3 is 16.4 Å². The smallest absolute Gasteiger partial charge is 0.251 e. The van der Waals surface area contributed by atoms with E-state index in [2.05, 4.69) is 10.6 Å². The van der Waals surface area contributed by atoms with Crippen LogP contribution in [0.15, 0.2) is 24.3 Å². The molecule has 5 nitrogen and oxygen atoms in total.